The van der Waals surface area contributed by atoms with E-state index in [4.69, 9.17) is 4.74 Å². The van der Waals surface area contributed by atoms with Crippen molar-refractivity contribution in [2.75, 3.05) is 26.7 Å². The van der Waals surface area contributed by atoms with Crippen LogP contribution in [0.4, 0.5) is 0 Å². The molecular weight excluding hydrogens is 340 g/mol. The summed E-state index contributed by atoms with van der Waals surface area (Å²) in [6.45, 7) is 10.1. The maximum absolute atomic E-state index is 11.7. The van der Waals surface area contributed by atoms with E-state index in [1.807, 2.05) is 12.3 Å². The van der Waals surface area contributed by atoms with Gasteiger partial charge in [0.05, 0.1) is 6.10 Å². The number of hydrogen-bond acceptors (Lipinski definition) is 3. The Morgan fingerprint density at radius 2 is 2.11 bits per heavy atom. The molecule has 0 spiro atoms. The molecule has 1 aromatic heterocycles. The summed E-state index contributed by atoms with van der Waals surface area (Å²) in [7, 11) is 1.80. The molecule has 1 saturated heterocycles. The first kappa shape index (κ1) is 21.5. The van der Waals surface area contributed by atoms with Gasteiger partial charge in [-0.1, -0.05) is 26.8 Å². The molecule has 1 fully saturated rings. The number of hydrogen-bond donors (Lipinski definition) is 2. The Morgan fingerprint density at radius 3 is 2.81 bits per heavy atom. The van der Waals surface area contributed by atoms with Crippen LogP contribution in [0.3, 0.4) is 0 Å². The molecule has 2 heterocycles. The Hall–Kier alpha value is -1.82. The lowest BCUT2D eigenvalue weighted by atomic mass is 9.78. The molecule has 1 aliphatic rings. The average Bonchev–Trinajstić information content (AvgIpc) is 2.65. The zero-order valence-corrected chi connectivity index (χ0v) is 17.3. The summed E-state index contributed by atoms with van der Waals surface area (Å²) >= 11 is 0. The summed E-state index contributed by atoms with van der Waals surface area (Å²) in [5.41, 5.74) is 0.213. The number of aliphatic imine (C=N–C) groups is 1. The second kappa shape index (κ2) is 10.5. The molecule has 6 heteroatoms. The van der Waals surface area contributed by atoms with Crippen LogP contribution < -0.4 is 16.2 Å². The zero-order valence-electron chi connectivity index (χ0n) is 17.3. The standard InChI is InChI=1S/C21H36N4O2/c1-21(2,3)19-17(10-9-15-27-19)16-24-20(22-4)23-12-6-8-14-25-13-7-5-11-18(25)26/h5,7,11,13,17,19H,6,8-10,12,14-16H2,1-4H3,(H2,22,23,24). The second-order valence-corrected chi connectivity index (χ2v) is 8.38. The van der Waals surface area contributed by atoms with Crippen LogP contribution in [0, 0.1) is 11.3 Å². The van der Waals surface area contributed by atoms with E-state index in [0.29, 0.717) is 5.92 Å². The van der Waals surface area contributed by atoms with Gasteiger partial charge in [-0.15, -0.1) is 0 Å². The molecule has 1 aromatic rings. The third kappa shape index (κ3) is 7.01. The van der Waals surface area contributed by atoms with E-state index in [1.54, 1.807) is 23.7 Å². The van der Waals surface area contributed by atoms with E-state index in [1.165, 1.54) is 6.42 Å². The first-order valence-electron chi connectivity index (χ1n) is 10.1. The summed E-state index contributed by atoms with van der Waals surface area (Å²) in [4.78, 5) is 16.0. The first-order chi connectivity index (χ1) is 12.9. The highest BCUT2D eigenvalue weighted by atomic mass is 16.5. The number of pyridine rings is 1. The van der Waals surface area contributed by atoms with Crippen molar-refractivity contribution in [3.63, 3.8) is 0 Å². The van der Waals surface area contributed by atoms with Crippen molar-refractivity contribution in [3.8, 4) is 0 Å². The average molecular weight is 377 g/mol. The fourth-order valence-electron chi connectivity index (χ4n) is 3.72. The number of nitrogens with one attached hydrogen (secondary N) is 2. The molecule has 2 N–H and O–H groups in total. The van der Waals surface area contributed by atoms with E-state index < -0.39 is 0 Å². The molecule has 6 nitrogen and oxygen atoms in total. The van der Waals surface area contributed by atoms with E-state index in [0.717, 1.165) is 51.5 Å². The van der Waals surface area contributed by atoms with Gasteiger partial charge in [0.15, 0.2) is 5.96 Å². The molecule has 0 aliphatic carbocycles. The molecule has 27 heavy (non-hydrogen) atoms. The van der Waals surface area contributed by atoms with Gasteiger partial charge in [0.1, 0.15) is 0 Å². The summed E-state index contributed by atoms with van der Waals surface area (Å²) in [5.74, 6) is 1.34. The lowest BCUT2D eigenvalue weighted by Gasteiger charge is -2.40. The van der Waals surface area contributed by atoms with Crippen LogP contribution in [-0.2, 0) is 11.3 Å². The van der Waals surface area contributed by atoms with Gasteiger partial charge >= 0.3 is 0 Å². The van der Waals surface area contributed by atoms with E-state index in [2.05, 4.69) is 36.4 Å². The number of unbranched alkanes of at least 4 members (excludes halogenated alkanes) is 1. The molecule has 0 aromatic carbocycles. The predicted molar refractivity (Wildman–Crippen MR) is 111 cm³/mol. The van der Waals surface area contributed by atoms with Crippen molar-refractivity contribution in [2.45, 2.75) is 59.1 Å². The molecule has 0 amide bonds. The molecule has 1 aliphatic heterocycles. The van der Waals surface area contributed by atoms with E-state index >= 15 is 0 Å². The largest absolute Gasteiger partial charge is 0.377 e. The fraction of sp³-hybridized carbons (Fsp3) is 0.714. The van der Waals surface area contributed by atoms with Crippen molar-refractivity contribution in [3.05, 3.63) is 34.7 Å². The Bertz CT molecular complexity index is 648. The summed E-state index contributed by atoms with van der Waals surface area (Å²) in [6, 6.07) is 5.27. The van der Waals surface area contributed by atoms with Gasteiger partial charge in [-0.05, 0) is 37.2 Å². The van der Waals surface area contributed by atoms with Gasteiger partial charge in [0, 0.05) is 51.5 Å². The first-order valence-corrected chi connectivity index (χ1v) is 10.1. The number of aromatic nitrogens is 1. The molecule has 152 valence electrons. The fourth-order valence-corrected chi connectivity index (χ4v) is 3.72. The van der Waals surface area contributed by atoms with Crippen molar-refractivity contribution < 1.29 is 4.74 Å². The van der Waals surface area contributed by atoms with Crippen LogP contribution >= 0.6 is 0 Å². The lowest BCUT2D eigenvalue weighted by Crippen LogP contribution is -2.47. The topological polar surface area (TPSA) is 67.7 Å². The SMILES string of the molecule is CN=C(NCCCCn1ccccc1=O)NCC1CCCOC1C(C)(C)C. The van der Waals surface area contributed by atoms with Crippen LogP contribution in [-0.4, -0.2) is 43.4 Å². The van der Waals surface area contributed by atoms with E-state index in [-0.39, 0.29) is 17.1 Å². The molecule has 0 bridgehead atoms. The van der Waals surface area contributed by atoms with Gasteiger partial charge in [0.25, 0.3) is 0 Å². The quantitative estimate of drug-likeness (QED) is 0.436. The van der Waals surface area contributed by atoms with Crippen LogP contribution in [0.2, 0.25) is 0 Å². The van der Waals surface area contributed by atoms with Gasteiger partial charge in [-0.3, -0.25) is 9.79 Å². The molecule has 2 unspecified atom stereocenters. The Balaban J connectivity index is 1.69. The smallest absolute Gasteiger partial charge is 0.250 e. The van der Waals surface area contributed by atoms with Crippen LogP contribution in [0.5, 0.6) is 0 Å². The van der Waals surface area contributed by atoms with Crippen molar-refractivity contribution >= 4 is 5.96 Å². The van der Waals surface area contributed by atoms with Crippen molar-refractivity contribution in [1.82, 2.24) is 15.2 Å². The molecule has 2 atom stereocenters. The Kier molecular flexibility index (Phi) is 8.35. The maximum Gasteiger partial charge on any atom is 0.250 e. The van der Waals surface area contributed by atoms with Gasteiger partial charge in [-0.25, -0.2) is 0 Å². The third-order valence-electron chi connectivity index (χ3n) is 5.07. The summed E-state index contributed by atoms with van der Waals surface area (Å²) < 4.78 is 7.81. The summed E-state index contributed by atoms with van der Waals surface area (Å²) in [5, 5.41) is 6.84. The van der Waals surface area contributed by atoms with Crippen molar-refractivity contribution in [2.24, 2.45) is 16.3 Å². The van der Waals surface area contributed by atoms with Gasteiger partial charge < -0.3 is 19.9 Å². The minimum absolute atomic E-state index is 0.0611. The monoisotopic (exact) mass is 376 g/mol. The number of aryl methyl sites for hydroxylation is 1. The molecule has 0 saturated carbocycles. The Morgan fingerprint density at radius 1 is 1.30 bits per heavy atom. The van der Waals surface area contributed by atoms with Crippen LogP contribution in [0.1, 0.15) is 46.5 Å². The predicted octanol–water partition coefficient (Wildman–Crippen LogP) is 2.63. The third-order valence-corrected chi connectivity index (χ3v) is 5.07. The zero-order chi connectivity index (χ0) is 19.7. The highest BCUT2D eigenvalue weighted by molar-refractivity contribution is 5.79. The number of nitrogens with zero attached hydrogens (tertiary/aromatic N) is 2. The number of rotatable bonds is 7. The second-order valence-electron chi connectivity index (χ2n) is 8.38. The number of guanidine groups is 1. The van der Waals surface area contributed by atoms with Crippen LogP contribution in [0.15, 0.2) is 34.2 Å². The maximum atomic E-state index is 11.7. The van der Waals surface area contributed by atoms with Gasteiger partial charge in [-0.2, -0.15) is 0 Å². The number of ether oxygens (including phenoxy) is 1. The normalized spacial score (nSPS) is 21.1. The van der Waals surface area contributed by atoms with E-state index in [9.17, 15) is 4.79 Å². The molecule has 2 rings (SSSR count). The Labute approximate surface area is 163 Å². The lowest BCUT2D eigenvalue weighted by molar-refractivity contribution is -0.0835. The molecule has 0 radical (unpaired) electrons. The summed E-state index contributed by atoms with van der Waals surface area (Å²) in [6.07, 6.45) is 6.38. The highest BCUT2D eigenvalue weighted by Gasteiger charge is 2.35. The minimum atomic E-state index is 0.0611. The minimum Gasteiger partial charge on any atom is -0.377 e. The van der Waals surface area contributed by atoms with Crippen LogP contribution in [0.25, 0.3) is 0 Å². The van der Waals surface area contributed by atoms with Gasteiger partial charge in [0.2, 0.25) is 5.56 Å². The van der Waals surface area contributed by atoms with Crippen molar-refractivity contribution in [1.29, 1.82) is 0 Å². The molecular formula is C21H36N4O2. The highest BCUT2D eigenvalue weighted by Crippen LogP contribution is 2.33.